The lowest BCUT2D eigenvalue weighted by Gasteiger charge is -2.07. The number of hydrogen-bond donors (Lipinski definition) is 2. The molecule has 0 unspecified atom stereocenters. The number of anilines is 1. The first-order valence-corrected chi connectivity index (χ1v) is 6.43. The quantitative estimate of drug-likeness (QED) is 0.833. The molecule has 0 aliphatic heterocycles. The summed E-state index contributed by atoms with van der Waals surface area (Å²) in [7, 11) is 0. The molecule has 1 aromatic carbocycles. The van der Waals surface area contributed by atoms with Crippen molar-refractivity contribution in [3.8, 4) is 0 Å². The number of carbonyl (C=O) groups is 1. The maximum Gasteiger partial charge on any atom is 0.253 e. The molecule has 2 aromatic rings. The minimum Gasteiger partial charge on any atom is -0.398 e. The standard InChI is InChI=1S/C13H15N3OS/c1-8-3-4-11(12(14)5-8)13(17)16-7-10-6-15-9(2)18-10/h3-6H,7,14H2,1-2H3,(H,16,17). The van der Waals surface area contributed by atoms with Crippen molar-refractivity contribution in [1.82, 2.24) is 10.3 Å². The van der Waals surface area contributed by atoms with Crippen LogP contribution in [0.25, 0.3) is 0 Å². The van der Waals surface area contributed by atoms with E-state index in [4.69, 9.17) is 5.73 Å². The summed E-state index contributed by atoms with van der Waals surface area (Å²) in [6.45, 7) is 4.36. The van der Waals surface area contributed by atoms with Crippen molar-refractivity contribution >= 4 is 22.9 Å². The predicted octanol–water partition coefficient (Wildman–Crippen LogP) is 2.27. The highest BCUT2D eigenvalue weighted by Crippen LogP contribution is 2.15. The summed E-state index contributed by atoms with van der Waals surface area (Å²) in [5, 5.41) is 3.83. The molecule has 5 heteroatoms. The highest BCUT2D eigenvalue weighted by Gasteiger charge is 2.09. The third-order valence-corrected chi connectivity index (χ3v) is 3.46. The lowest BCUT2D eigenvalue weighted by atomic mass is 10.1. The second kappa shape index (κ2) is 5.18. The van der Waals surface area contributed by atoms with E-state index in [1.165, 1.54) is 0 Å². The average Bonchev–Trinajstić information content (AvgIpc) is 2.72. The molecule has 0 aliphatic rings. The zero-order chi connectivity index (χ0) is 13.1. The van der Waals surface area contributed by atoms with Crippen LogP contribution in [0.1, 0.15) is 25.8 Å². The Hall–Kier alpha value is -1.88. The lowest BCUT2D eigenvalue weighted by molar-refractivity contribution is 0.0952. The summed E-state index contributed by atoms with van der Waals surface area (Å²) in [6.07, 6.45) is 1.78. The summed E-state index contributed by atoms with van der Waals surface area (Å²) < 4.78 is 0. The number of nitrogens with two attached hydrogens (primary N) is 1. The van der Waals surface area contributed by atoms with Gasteiger partial charge in [0.05, 0.1) is 17.1 Å². The van der Waals surface area contributed by atoms with E-state index in [9.17, 15) is 4.79 Å². The van der Waals surface area contributed by atoms with Gasteiger partial charge in [0.1, 0.15) is 0 Å². The molecule has 1 amide bonds. The van der Waals surface area contributed by atoms with Crippen LogP contribution < -0.4 is 11.1 Å². The molecule has 18 heavy (non-hydrogen) atoms. The van der Waals surface area contributed by atoms with E-state index in [2.05, 4.69) is 10.3 Å². The Morgan fingerprint density at radius 1 is 1.44 bits per heavy atom. The third kappa shape index (κ3) is 2.87. The fourth-order valence-electron chi connectivity index (χ4n) is 1.64. The van der Waals surface area contributed by atoms with Gasteiger partial charge in [-0.3, -0.25) is 4.79 Å². The van der Waals surface area contributed by atoms with E-state index in [1.54, 1.807) is 29.7 Å². The Balaban J connectivity index is 2.03. The van der Waals surface area contributed by atoms with Crippen molar-refractivity contribution in [3.05, 3.63) is 45.4 Å². The van der Waals surface area contributed by atoms with Gasteiger partial charge in [-0.1, -0.05) is 6.07 Å². The van der Waals surface area contributed by atoms with Crippen LogP contribution in [0.15, 0.2) is 24.4 Å². The van der Waals surface area contributed by atoms with Crippen LogP contribution in [-0.4, -0.2) is 10.9 Å². The molecule has 0 radical (unpaired) electrons. The van der Waals surface area contributed by atoms with E-state index in [-0.39, 0.29) is 5.91 Å². The molecule has 4 nitrogen and oxygen atoms in total. The molecular weight excluding hydrogens is 246 g/mol. The molecule has 0 fully saturated rings. The van der Waals surface area contributed by atoms with Crippen molar-refractivity contribution in [2.75, 3.05) is 5.73 Å². The first-order valence-electron chi connectivity index (χ1n) is 5.62. The molecule has 1 aromatic heterocycles. The van der Waals surface area contributed by atoms with Gasteiger partial charge in [-0.25, -0.2) is 4.98 Å². The van der Waals surface area contributed by atoms with Crippen molar-refractivity contribution < 1.29 is 4.79 Å². The molecule has 0 atom stereocenters. The predicted molar refractivity (Wildman–Crippen MR) is 73.6 cm³/mol. The number of nitrogens with one attached hydrogen (secondary N) is 1. The number of benzene rings is 1. The van der Waals surface area contributed by atoms with E-state index >= 15 is 0 Å². The maximum absolute atomic E-state index is 12.0. The van der Waals surface area contributed by atoms with E-state index in [0.717, 1.165) is 15.4 Å². The monoisotopic (exact) mass is 261 g/mol. The summed E-state index contributed by atoms with van der Waals surface area (Å²) in [5.74, 6) is -0.154. The zero-order valence-electron chi connectivity index (χ0n) is 10.4. The Morgan fingerprint density at radius 3 is 2.83 bits per heavy atom. The maximum atomic E-state index is 12.0. The molecule has 0 bridgehead atoms. The summed E-state index contributed by atoms with van der Waals surface area (Å²) >= 11 is 1.57. The largest absolute Gasteiger partial charge is 0.398 e. The SMILES string of the molecule is Cc1ccc(C(=O)NCc2cnc(C)s2)c(N)c1. The van der Waals surface area contributed by atoms with Crippen LogP contribution in [0.4, 0.5) is 5.69 Å². The van der Waals surface area contributed by atoms with Gasteiger partial charge in [0, 0.05) is 16.8 Å². The third-order valence-electron chi connectivity index (χ3n) is 2.54. The molecule has 0 saturated carbocycles. The summed E-state index contributed by atoms with van der Waals surface area (Å²) in [6, 6.07) is 5.42. The van der Waals surface area contributed by atoms with Gasteiger partial charge in [-0.05, 0) is 31.5 Å². The normalized spacial score (nSPS) is 10.3. The van der Waals surface area contributed by atoms with Crippen LogP contribution in [0.2, 0.25) is 0 Å². The Morgan fingerprint density at radius 2 is 2.22 bits per heavy atom. The van der Waals surface area contributed by atoms with Gasteiger partial charge in [-0.15, -0.1) is 11.3 Å². The van der Waals surface area contributed by atoms with Crippen LogP contribution in [0.3, 0.4) is 0 Å². The number of aromatic nitrogens is 1. The van der Waals surface area contributed by atoms with E-state index < -0.39 is 0 Å². The van der Waals surface area contributed by atoms with Crippen LogP contribution in [-0.2, 0) is 6.54 Å². The van der Waals surface area contributed by atoms with Crippen molar-refractivity contribution in [3.63, 3.8) is 0 Å². The Labute approximate surface area is 110 Å². The average molecular weight is 261 g/mol. The molecule has 0 spiro atoms. The molecule has 1 heterocycles. The van der Waals surface area contributed by atoms with Crippen LogP contribution in [0, 0.1) is 13.8 Å². The zero-order valence-corrected chi connectivity index (χ0v) is 11.2. The second-order valence-electron chi connectivity index (χ2n) is 4.12. The van der Waals surface area contributed by atoms with Gasteiger partial charge in [0.2, 0.25) is 0 Å². The topological polar surface area (TPSA) is 68.0 Å². The molecule has 2 rings (SSSR count). The number of nitrogens with zero attached hydrogens (tertiary/aromatic N) is 1. The van der Waals surface area contributed by atoms with Gasteiger partial charge in [0.15, 0.2) is 0 Å². The highest BCUT2D eigenvalue weighted by molar-refractivity contribution is 7.11. The number of amides is 1. The van der Waals surface area contributed by atoms with Crippen molar-refractivity contribution in [2.24, 2.45) is 0 Å². The smallest absolute Gasteiger partial charge is 0.253 e. The Kier molecular flexibility index (Phi) is 3.62. The van der Waals surface area contributed by atoms with E-state index in [1.807, 2.05) is 19.9 Å². The fourth-order valence-corrected chi connectivity index (χ4v) is 2.37. The highest BCUT2D eigenvalue weighted by atomic mass is 32.1. The fraction of sp³-hybridized carbons (Fsp3) is 0.231. The first-order chi connectivity index (χ1) is 8.56. The number of thiazole rings is 1. The Bertz CT molecular complexity index is 577. The molecule has 94 valence electrons. The number of rotatable bonds is 3. The van der Waals surface area contributed by atoms with Gasteiger partial charge in [0.25, 0.3) is 5.91 Å². The molecule has 3 N–H and O–H groups in total. The number of carbonyl (C=O) groups excluding carboxylic acids is 1. The van der Waals surface area contributed by atoms with E-state index in [0.29, 0.717) is 17.8 Å². The van der Waals surface area contributed by atoms with Crippen LogP contribution >= 0.6 is 11.3 Å². The summed E-state index contributed by atoms with van der Waals surface area (Å²) in [4.78, 5) is 17.1. The number of nitrogen functional groups attached to an aromatic ring is 1. The lowest BCUT2D eigenvalue weighted by Crippen LogP contribution is -2.23. The molecule has 0 aliphatic carbocycles. The van der Waals surface area contributed by atoms with Crippen molar-refractivity contribution in [1.29, 1.82) is 0 Å². The first kappa shape index (κ1) is 12.6. The number of hydrogen-bond acceptors (Lipinski definition) is 4. The molecular formula is C13H15N3OS. The number of aryl methyl sites for hydroxylation is 2. The van der Waals surface area contributed by atoms with Gasteiger partial charge in [-0.2, -0.15) is 0 Å². The van der Waals surface area contributed by atoms with Crippen molar-refractivity contribution in [2.45, 2.75) is 20.4 Å². The van der Waals surface area contributed by atoms with Gasteiger partial charge >= 0.3 is 0 Å². The minimum absolute atomic E-state index is 0.154. The van der Waals surface area contributed by atoms with Gasteiger partial charge < -0.3 is 11.1 Å². The minimum atomic E-state index is -0.154. The van der Waals surface area contributed by atoms with Crippen LogP contribution in [0.5, 0.6) is 0 Å². The second-order valence-corrected chi connectivity index (χ2v) is 5.44. The summed E-state index contributed by atoms with van der Waals surface area (Å²) in [5.41, 5.74) is 7.89. The molecule has 0 saturated heterocycles.